The van der Waals surface area contributed by atoms with Crippen molar-refractivity contribution >= 4 is 5.97 Å². The van der Waals surface area contributed by atoms with Gasteiger partial charge in [0.2, 0.25) is 0 Å². The second kappa shape index (κ2) is 6.44. The van der Waals surface area contributed by atoms with Crippen LogP contribution in [0.25, 0.3) is 0 Å². The average Bonchev–Trinajstić information content (AvgIpc) is 2.27. The summed E-state index contributed by atoms with van der Waals surface area (Å²) in [6, 6.07) is 0.379. The molecule has 1 aliphatic rings. The number of carboxylic acid groups (broad SMARTS) is 1. The van der Waals surface area contributed by atoms with Gasteiger partial charge in [0.15, 0.2) is 0 Å². The van der Waals surface area contributed by atoms with Gasteiger partial charge in [0.25, 0.3) is 0 Å². The van der Waals surface area contributed by atoms with Crippen molar-refractivity contribution in [2.24, 2.45) is 17.3 Å². The maximum absolute atomic E-state index is 11.4. The van der Waals surface area contributed by atoms with Crippen LogP contribution >= 0.6 is 0 Å². The van der Waals surface area contributed by atoms with E-state index in [-0.39, 0.29) is 16.9 Å². The summed E-state index contributed by atoms with van der Waals surface area (Å²) in [7, 11) is 0. The number of ether oxygens (including phenoxy) is 1. The standard InChI is InChI=1S/C16H31NO3/c1-11-13(17-9-10-20-15(2,3)4)8-7-12(14(18)19)16(11,5)6/h11-13,17H,7-10H2,1-6H3,(H,18,19). The zero-order valence-electron chi connectivity index (χ0n) is 13.8. The van der Waals surface area contributed by atoms with E-state index in [9.17, 15) is 9.90 Å². The van der Waals surface area contributed by atoms with E-state index in [2.05, 4.69) is 46.9 Å². The van der Waals surface area contributed by atoms with E-state index in [0.29, 0.717) is 18.6 Å². The predicted octanol–water partition coefficient (Wildman–Crippen LogP) is 2.92. The molecule has 0 aliphatic heterocycles. The Kier molecular flexibility index (Phi) is 5.61. The summed E-state index contributed by atoms with van der Waals surface area (Å²) in [6.45, 7) is 14.0. The highest BCUT2D eigenvalue weighted by molar-refractivity contribution is 5.71. The lowest BCUT2D eigenvalue weighted by Crippen LogP contribution is -2.51. The fourth-order valence-electron chi connectivity index (χ4n) is 3.13. The van der Waals surface area contributed by atoms with Crippen LogP contribution in [0.1, 0.15) is 54.4 Å². The molecule has 1 saturated carbocycles. The zero-order valence-corrected chi connectivity index (χ0v) is 13.8. The minimum Gasteiger partial charge on any atom is -0.481 e. The molecule has 1 aliphatic carbocycles. The minimum absolute atomic E-state index is 0.104. The maximum Gasteiger partial charge on any atom is 0.307 e. The van der Waals surface area contributed by atoms with Gasteiger partial charge >= 0.3 is 5.97 Å². The molecular weight excluding hydrogens is 254 g/mol. The van der Waals surface area contributed by atoms with Crippen LogP contribution in [0.4, 0.5) is 0 Å². The van der Waals surface area contributed by atoms with E-state index in [1.807, 2.05) is 0 Å². The number of aliphatic carboxylic acids is 1. The van der Waals surface area contributed by atoms with Crippen LogP contribution in [0.2, 0.25) is 0 Å². The van der Waals surface area contributed by atoms with Crippen LogP contribution in [0.5, 0.6) is 0 Å². The number of carboxylic acids is 1. The zero-order chi connectivity index (χ0) is 15.6. The number of rotatable bonds is 5. The van der Waals surface area contributed by atoms with Crippen molar-refractivity contribution in [3.05, 3.63) is 0 Å². The van der Waals surface area contributed by atoms with Gasteiger partial charge in [-0.2, -0.15) is 0 Å². The monoisotopic (exact) mass is 285 g/mol. The summed E-state index contributed by atoms with van der Waals surface area (Å²) in [5.41, 5.74) is -0.278. The second-order valence-electron chi connectivity index (χ2n) is 7.60. The van der Waals surface area contributed by atoms with Gasteiger partial charge in [-0.15, -0.1) is 0 Å². The Morgan fingerprint density at radius 2 is 1.95 bits per heavy atom. The summed E-state index contributed by atoms with van der Waals surface area (Å²) < 4.78 is 5.71. The van der Waals surface area contributed by atoms with E-state index in [0.717, 1.165) is 19.4 Å². The van der Waals surface area contributed by atoms with Crippen LogP contribution in [0.15, 0.2) is 0 Å². The molecule has 3 unspecified atom stereocenters. The van der Waals surface area contributed by atoms with E-state index in [1.54, 1.807) is 0 Å². The predicted molar refractivity (Wildman–Crippen MR) is 80.8 cm³/mol. The van der Waals surface area contributed by atoms with Crippen LogP contribution in [-0.4, -0.2) is 35.9 Å². The Bertz CT molecular complexity index is 333. The van der Waals surface area contributed by atoms with Crippen LogP contribution < -0.4 is 5.32 Å². The lowest BCUT2D eigenvalue weighted by molar-refractivity contribution is -0.150. The molecule has 0 aromatic heterocycles. The van der Waals surface area contributed by atoms with Crippen LogP contribution in [-0.2, 0) is 9.53 Å². The fourth-order valence-corrected chi connectivity index (χ4v) is 3.13. The lowest BCUT2D eigenvalue weighted by Gasteiger charge is -2.46. The first-order chi connectivity index (χ1) is 9.05. The summed E-state index contributed by atoms with van der Waals surface area (Å²) in [4.78, 5) is 11.4. The molecule has 2 N–H and O–H groups in total. The molecule has 20 heavy (non-hydrogen) atoms. The lowest BCUT2D eigenvalue weighted by atomic mass is 9.61. The topological polar surface area (TPSA) is 58.6 Å². The van der Waals surface area contributed by atoms with Crippen LogP contribution in [0, 0.1) is 17.3 Å². The van der Waals surface area contributed by atoms with E-state index in [4.69, 9.17) is 4.74 Å². The molecule has 1 rings (SSSR count). The second-order valence-corrected chi connectivity index (χ2v) is 7.60. The van der Waals surface area contributed by atoms with Crippen molar-refractivity contribution in [3.63, 3.8) is 0 Å². The third kappa shape index (κ3) is 4.45. The molecule has 0 saturated heterocycles. The minimum atomic E-state index is -0.656. The van der Waals surface area contributed by atoms with Crippen molar-refractivity contribution in [1.82, 2.24) is 5.32 Å². The first kappa shape index (κ1) is 17.4. The van der Waals surface area contributed by atoms with Crippen molar-refractivity contribution < 1.29 is 14.6 Å². The SMILES string of the molecule is CC1C(NCCOC(C)(C)C)CCC(C(=O)O)C1(C)C. The Morgan fingerprint density at radius 1 is 1.35 bits per heavy atom. The largest absolute Gasteiger partial charge is 0.481 e. The van der Waals surface area contributed by atoms with Gasteiger partial charge in [-0.3, -0.25) is 4.79 Å². The summed E-state index contributed by atoms with van der Waals surface area (Å²) in [5.74, 6) is -0.551. The van der Waals surface area contributed by atoms with Gasteiger partial charge in [0.1, 0.15) is 0 Å². The van der Waals surface area contributed by atoms with E-state index in [1.165, 1.54) is 0 Å². The van der Waals surface area contributed by atoms with Gasteiger partial charge in [-0.25, -0.2) is 0 Å². The highest BCUT2D eigenvalue weighted by Crippen LogP contribution is 2.44. The molecule has 3 atom stereocenters. The molecule has 0 aromatic rings. The molecule has 0 bridgehead atoms. The van der Waals surface area contributed by atoms with Crippen molar-refractivity contribution in [2.75, 3.05) is 13.2 Å². The molecule has 118 valence electrons. The van der Waals surface area contributed by atoms with E-state index < -0.39 is 5.97 Å². The molecule has 0 aromatic carbocycles. The van der Waals surface area contributed by atoms with Gasteiger partial charge < -0.3 is 15.2 Å². The summed E-state index contributed by atoms with van der Waals surface area (Å²) >= 11 is 0. The van der Waals surface area contributed by atoms with Gasteiger partial charge in [0.05, 0.1) is 18.1 Å². The number of nitrogens with one attached hydrogen (secondary N) is 1. The summed E-state index contributed by atoms with van der Waals surface area (Å²) in [5, 5.41) is 12.9. The molecule has 0 heterocycles. The highest BCUT2D eigenvalue weighted by Gasteiger charge is 2.45. The number of carbonyl (C=O) groups is 1. The quantitative estimate of drug-likeness (QED) is 0.763. The molecular formula is C16H31NO3. The Labute approximate surface area is 123 Å². The molecule has 0 amide bonds. The van der Waals surface area contributed by atoms with Gasteiger partial charge in [0, 0.05) is 12.6 Å². The Balaban J connectivity index is 2.48. The number of hydrogen-bond acceptors (Lipinski definition) is 3. The van der Waals surface area contributed by atoms with Gasteiger partial charge in [-0.05, 0) is 44.9 Å². The van der Waals surface area contributed by atoms with Crippen LogP contribution in [0.3, 0.4) is 0 Å². The Hall–Kier alpha value is -0.610. The normalized spacial score (nSPS) is 30.2. The highest BCUT2D eigenvalue weighted by atomic mass is 16.5. The first-order valence-corrected chi connectivity index (χ1v) is 7.66. The fraction of sp³-hybridized carbons (Fsp3) is 0.938. The third-order valence-electron chi connectivity index (χ3n) is 4.78. The number of hydrogen-bond donors (Lipinski definition) is 2. The molecule has 1 fully saturated rings. The van der Waals surface area contributed by atoms with Crippen molar-refractivity contribution in [3.8, 4) is 0 Å². The smallest absolute Gasteiger partial charge is 0.307 e. The van der Waals surface area contributed by atoms with E-state index >= 15 is 0 Å². The maximum atomic E-state index is 11.4. The van der Waals surface area contributed by atoms with Crippen molar-refractivity contribution in [2.45, 2.75) is 66.0 Å². The summed E-state index contributed by atoms with van der Waals surface area (Å²) in [6.07, 6.45) is 1.68. The Morgan fingerprint density at radius 3 is 2.45 bits per heavy atom. The average molecular weight is 285 g/mol. The first-order valence-electron chi connectivity index (χ1n) is 7.66. The van der Waals surface area contributed by atoms with Crippen molar-refractivity contribution in [1.29, 1.82) is 0 Å². The molecule has 4 nitrogen and oxygen atoms in total. The molecule has 4 heteroatoms. The van der Waals surface area contributed by atoms with Gasteiger partial charge in [-0.1, -0.05) is 20.8 Å². The molecule has 0 radical (unpaired) electrons. The third-order valence-corrected chi connectivity index (χ3v) is 4.78. The molecule has 0 spiro atoms.